The van der Waals surface area contributed by atoms with Gasteiger partial charge in [0.25, 0.3) is 0 Å². The molecule has 0 radical (unpaired) electrons. The van der Waals surface area contributed by atoms with E-state index in [-0.39, 0.29) is 0 Å². The second-order valence-corrected chi connectivity index (χ2v) is 6.52. The topological polar surface area (TPSA) is 33.7 Å². The summed E-state index contributed by atoms with van der Waals surface area (Å²) in [5.41, 5.74) is 3.47. The lowest BCUT2D eigenvalue weighted by atomic mass is 10.2. The predicted molar refractivity (Wildman–Crippen MR) is 104 cm³/mol. The SMILES string of the molecule is CCCOc1ccc(CNc2ccc(N3CCOCC3)cc2)cc1Cl. The number of halogens is 1. The van der Waals surface area contributed by atoms with E-state index in [1.54, 1.807) is 0 Å². The summed E-state index contributed by atoms with van der Waals surface area (Å²) in [4.78, 5) is 2.35. The zero-order valence-electron chi connectivity index (χ0n) is 14.6. The molecule has 0 atom stereocenters. The molecule has 0 aromatic heterocycles. The van der Waals surface area contributed by atoms with Crippen molar-refractivity contribution in [3.05, 3.63) is 53.1 Å². The fourth-order valence-electron chi connectivity index (χ4n) is 2.80. The maximum atomic E-state index is 6.29. The van der Waals surface area contributed by atoms with Crippen LogP contribution in [-0.2, 0) is 11.3 Å². The molecule has 25 heavy (non-hydrogen) atoms. The van der Waals surface area contributed by atoms with Crippen molar-refractivity contribution in [2.24, 2.45) is 0 Å². The van der Waals surface area contributed by atoms with Crippen LogP contribution in [0.5, 0.6) is 5.75 Å². The molecule has 0 amide bonds. The van der Waals surface area contributed by atoms with E-state index in [4.69, 9.17) is 21.1 Å². The van der Waals surface area contributed by atoms with Crippen molar-refractivity contribution in [1.82, 2.24) is 0 Å². The maximum absolute atomic E-state index is 6.29. The van der Waals surface area contributed by atoms with E-state index in [2.05, 4.69) is 41.4 Å². The van der Waals surface area contributed by atoms with Crippen molar-refractivity contribution in [2.45, 2.75) is 19.9 Å². The molecule has 1 aliphatic heterocycles. The third-order valence-electron chi connectivity index (χ3n) is 4.20. The van der Waals surface area contributed by atoms with E-state index < -0.39 is 0 Å². The van der Waals surface area contributed by atoms with Gasteiger partial charge >= 0.3 is 0 Å². The highest BCUT2D eigenvalue weighted by molar-refractivity contribution is 6.32. The number of ether oxygens (including phenoxy) is 2. The predicted octanol–water partition coefficient (Wildman–Crippen LogP) is 4.58. The Labute approximate surface area is 154 Å². The Balaban J connectivity index is 1.55. The van der Waals surface area contributed by atoms with Gasteiger partial charge in [0, 0.05) is 31.0 Å². The molecule has 0 saturated carbocycles. The monoisotopic (exact) mass is 360 g/mol. The molecule has 3 rings (SSSR count). The molecule has 2 aromatic rings. The van der Waals surface area contributed by atoms with Crippen molar-refractivity contribution in [2.75, 3.05) is 43.1 Å². The van der Waals surface area contributed by atoms with Gasteiger partial charge in [-0.1, -0.05) is 24.6 Å². The minimum absolute atomic E-state index is 0.662. The first-order valence-electron chi connectivity index (χ1n) is 8.84. The minimum atomic E-state index is 0.662. The summed E-state index contributed by atoms with van der Waals surface area (Å²) in [5, 5.41) is 4.10. The van der Waals surface area contributed by atoms with Gasteiger partial charge in [0.05, 0.1) is 24.8 Å². The number of hydrogen-bond donors (Lipinski definition) is 1. The third-order valence-corrected chi connectivity index (χ3v) is 4.49. The Morgan fingerprint density at radius 3 is 2.56 bits per heavy atom. The number of morpholine rings is 1. The molecule has 0 aliphatic carbocycles. The molecule has 134 valence electrons. The van der Waals surface area contributed by atoms with E-state index >= 15 is 0 Å². The molecular formula is C20H25ClN2O2. The largest absolute Gasteiger partial charge is 0.492 e. The summed E-state index contributed by atoms with van der Waals surface area (Å²) < 4.78 is 11.0. The minimum Gasteiger partial charge on any atom is -0.492 e. The molecule has 1 saturated heterocycles. The highest BCUT2D eigenvalue weighted by atomic mass is 35.5. The number of nitrogens with one attached hydrogen (secondary N) is 1. The number of hydrogen-bond acceptors (Lipinski definition) is 4. The van der Waals surface area contributed by atoms with Gasteiger partial charge in [-0.2, -0.15) is 0 Å². The first-order chi connectivity index (χ1) is 12.3. The molecule has 1 aliphatic rings. The zero-order valence-corrected chi connectivity index (χ0v) is 15.4. The van der Waals surface area contributed by atoms with Crippen LogP contribution in [0, 0.1) is 0 Å². The smallest absolute Gasteiger partial charge is 0.137 e. The maximum Gasteiger partial charge on any atom is 0.137 e. The first-order valence-corrected chi connectivity index (χ1v) is 9.22. The Morgan fingerprint density at radius 2 is 1.88 bits per heavy atom. The van der Waals surface area contributed by atoms with Gasteiger partial charge in [0.1, 0.15) is 5.75 Å². The van der Waals surface area contributed by atoms with Crippen molar-refractivity contribution < 1.29 is 9.47 Å². The summed E-state index contributed by atoms with van der Waals surface area (Å²) in [5.74, 6) is 0.752. The van der Waals surface area contributed by atoms with Crippen LogP contribution >= 0.6 is 11.6 Å². The lowest BCUT2D eigenvalue weighted by Gasteiger charge is -2.28. The van der Waals surface area contributed by atoms with E-state index in [1.807, 2.05) is 18.2 Å². The molecule has 4 nitrogen and oxygen atoms in total. The van der Waals surface area contributed by atoms with E-state index in [1.165, 1.54) is 5.69 Å². The standard InChI is InChI=1S/C20H25ClN2O2/c1-2-11-25-20-8-3-16(14-19(20)21)15-22-17-4-6-18(7-5-17)23-9-12-24-13-10-23/h3-8,14,22H,2,9-13,15H2,1H3. The van der Waals surface area contributed by atoms with Gasteiger partial charge in [-0.3, -0.25) is 0 Å². The van der Waals surface area contributed by atoms with Gasteiger partial charge in [-0.05, 0) is 48.4 Å². The van der Waals surface area contributed by atoms with Crippen molar-refractivity contribution in [3.8, 4) is 5.75 Å². The number of rotatable bonds is 7. The quantitative estimate of drug-likeness (QED) is 0.783. The lowest BCUT2D eigenvalue weighted by Crippen LogP contribution is -2.36. The van der Waals surface area contributed by atoms with Crippen LogP contribution < -0.4 is 15.0 Å². The van der Waals surface area contributed by atoms with Crippen LogP contribution in [0.25, 0.3) is 0 Å². The Kier molecular flexibility index (Phi) is 6.42. The molecule has 5 heteroatoms. The number of benzene rings is 2. The van der Waals surface area contributed by atoms with Crippen LogP contribution in [0.4, 0.5) is 11.4 Å². The molecule has 1 fully saturated rings. The normalized spacial score (nSPS) is 14.4. The van der Waals surface area contributed by atoms with Gasteiger partial charge < -0.3 is 19.7 Å². The van der Waals surface area contributed by atoms with Crippen LogP contribution in [0.3, 0.4) is 0 Å². The first kappa shape index (κ1) is 17.9. The van der Waals surface area contributed by atoms with Crippen LogP contribution in [-0.4, -0.2) is 32.9 Å². The van der Waals surface area contributed by atoms with Crippen molar-refractivity contribution in [3.63, 3.8) is 0 Å². The third kappa shape index (κ3) is 5.03. The molecule has 2 aromatic carbocycles. The molecule has 1 heterocycles. The van der Waals surface area contributed by atoms with Crippen molar-refractivity contribution in [1.29, 1.82) is 0 Å². The second kappa shape index (κ2) is 8.97. The zero-order chi connectivity index (χ0) is 17.5. The molecule has 0 unspecified atom stereocenters. The molecular weight excluding hydrogens is 336 g/mol. The summed E-state index contributed by atoms with van der Waals surface area (Å²) in [6.07, 6.45) is 0.972. The average molecular weight is 361 g/mol. The molecule has 1 N–H and O–H groups in total. The fraction of sp³-hybridized carbons (Fsp3) is 0.400. The molecule has 0 bridgehead atoms. The summed E-state index contributed by atoms with van der Waals surface area (Å²) >= 11 is 6.29. The van der Waals surface area contributed by atoms with Crippen LogP contribution in [0.15, 0.2) is 42.5 Å². The van der Waals surface area contributed by atoms with Gasteiger partial charge in [-0.15, -0.1) is 0 Å². The van der Waals surface area contributed by atoms with Crippen molar-refractivity contribution >= 4 is 23.0 Å². The van der Waals surface area contributed by atoms with E-state index in [9.17, 15) is 0 Å². The van der Waals surface area contributed by atoms with E-state index in [0.717, 1.165) is 56.3 Å². The van der Waals surface area contributed by atoms with E-state index in [0.29, 0.717) is 11.6 Å². The highest BCUT2D eigenvalue weighted by Crippen LogP contribution is 2.26. The Hall–Kier alpha value is -1.91. The van der Waals surface area contributed by atoms with Crippen LogP contribution in [0.2, 0.25) is 5.02 Å². The van der Waals surface area contributed by atoms with Crippen LogP contribution in [0.1, 0.15) is 18.9 Å². The number of anilines is 2. The average Bonchev–Trinajstić information content (AvgIpc) is 2.67. The number of nitrogens with zero attached hydrogens (tertiary/aromatic N) is 1. The Morgan fingerprint density at radius 1 is 1.12 bits per heavy atom. The summed E-state index contributed by atoms with van der Waals surface area (Å²) in [6.45, 7) is 7.01. The van der Waals surface area contributed by atoms with Gasteiger partial charge in [0.2, 0.25) is 0 Å². The molecule has 0 spiro atoms. The fourth-order valence-corrected chi connectivity index (χ4v) is 3.06. The summed E-state index contributed by atoms with van der Waals surface area (Å²) in [7, 11) is 0. The van der Waals surface area contributed by atoms with Gasteiger partial charge in [0.15, 0.2) is 0 Å². The summed E-state index contributed by atoms with van der Waals surface area (Å²) in [6, 6.07) is 14.5. The second-order valence-electron chi connectivity index (χ2n) is 6.11. The highest BCUT2D eigenvalue weighted by Gasteiger charge is 2.10. The Bertz CT molecular complexity index is 670. The van der Waals surface area contributed by atoms with Gasteiger partial charge in [-0.25, -0.2) is 0 Å². The lowest BCUT2D eigenvalue weighted by molar-refractivity contribution is 0.122.